The second-order valence-corrected chi connectivity index (χ2v) is 6.15. The molecule has 0 unspecified atom stereocenters. The summed E-state index contributed by atoms with van der Waals surface area (Å²) >= 11 is 1.62. The van der Waals surface area contributed by atoms with Crippen molar-refractivity contribution in [1.82, 2.24) is 10.2 Å². The molecule has 23 heavy (non-hydrogen) atoms. The molecule has 0 aliphatic rings. The van der Waals surface area contributed by atoms with Gasteiger partial charge in [-0.25, -0.2) is 0 Å². The minimum absolute atomic E-state index is 0.0143. The molecule has 1 N–H and O–H groups in total. The van der Waals surface area contributed by atoms with E-state index >= 15 is 0 Å². The van der Waals surface area contributed by atoms with Crippen LogP contribution in [0.3, 0.4) is 0 Å². The summed E-state index contributed by atoms with van der Waals surface area (Å²) in [6.45, 7) is 2.50. The minimum Gasteiger partial charge on any atom is -0.484 e. The summed E-state index contributed by atoms with van der Waals surface area (Å²) in [7, 11) is 0. The van der Waals surface area contributed by atoms with Crippen LogP contribution in [-0.4, -0.2) is 22.7 Å². The van der Waals surface area contributed by atoms with Crippen molar-refractivity contribution < 1.29 is 9.53 Å². The standard InChI is InChI=1S/C17H17N3O2S/c1-13-4-6-15(7-5-13)22-12-17(21)20(14-9-18-19-10-14)11-16-3-2-8-23-16/h2-10H,11-12H2,1H3,(H,18,19). The molecule has 0 bridgehead atoms. The topological polar surface area (TPSA) is 58.2 Å². The van der Waals surface area contributed by atoms with Crippen LogP contribution in [0.2, 0.25) is 0 Å². The number of hydrogen-bond donors (Lipinski definition) is 1. The van der Waals surface area contributed by atoms with E-state index < -0.39 is 0 Å². The Labute approximate surface area is 138 Å². The lowest BCUT2D eigenvalue weighted by Crippen LogP contribution is -2.34. The zero-order valence-corrected chi connectivity index (χ0v) is 13.5. The molecule has 2 heterocycles. The Morgan fingerprint density at radius 1 is 1.30 bits per heavy atom. The molecule has 0 saturated heterocycles. The molecule has 118 valence electrons. The Balaban J connectivity index is 1.68. The van der Waals surface area contributed by atoms with Gasteiger partial charge in [-0.3, -0.25) is 9.89 Å². The number of anilines is 1. The highest BCUT2D eigenvalue weighted by molar-refractivity contribution is 7.09. The van der Waals surface area contributed by atoms with Gasteiger partial charge in [0.15, 0.2) is 6.61 Å². The molecule has 0 saturated carbocycles. The largest absolute Gasteiger partial charge is 0.484 e. The first kappa shape index (κ1) is 15.3. The van der Waals surface area contributed by atoms with Crippen molar-refractivity contribution in [3.8, 4) is 5.75 Å². The third-order valence-corrected chi connectivity index (χ3v) is 4.24. The van der Waals surface area contributed by atoms with E-state index in [9.17, 15) is 4.79 Å². The van der Waals surface area contributed by atoms with Crippen LogP contribution in [0, 0.1) is 6.92 Å². The zero-order valence-electron chi connectivity index (χ0n) is 12.7. The summed E-state index contributed by atoms with van der Waals surface area (Å²) in [5, 5.41) is 8.67. The lowest BCUT2D eigenvalue weighted by atomic mass is 10.2. The van der Waals surface area contributed by atoms with Crippen molar-refractivity contribution in [2.24, 2.45) is 0 Å². The molecule has 3 rings (SSSR count). The van der Waals surface area contributed by atoms with Crippen molar-refractivity contribution in [1.29, 1.82) is 0 Å². The van der Waals surface area contributed by atoms with Crippen LogP contribution in [-0.2, 0) is 11.3 Å². The monoisotopic (exact) mass is 327 g/mol. The summed E-state index contributed by atoms with van der Waals surface area (Å²) in [5.41, 5.74) is 1.89. The number of aromatic nitrogens is 2. The first-order valence-electron chi connectivity index (χ1n) is 7.23. The Morgan fingerprint density at radius 3 is 2.78 bits per heavy atom. The van der Waals surface area contributed by atoms with E-state index in [-0.39, 0.29) is 12.5 Å². The van der Waals surface area contributed by atoms with Crippen molar-refractivity contribution in [2.45, 2.75) is 13.5 Å². The SMILES string of the molecule is Cc1ccc(OCC(=O)N(Cc2cccs2)c2cn[nH]c2)cc1. The van der Waals surface area contributed by atoms with Crippen LogP contribution < -0.4 is 9.64 Å². The van der Waals surface area contributed by atoms with Crippen molar-refractivity contribution in [2.75, 3.05) is 11.5 Å². The fourth-order valence-corrected chi connectivity index (χ4v) is 2.82. The maximum absolute atomic E-state index is 12.6. The van der Waals surface area contributed by atoms with Crippen molar-refractivity contribution in [3.63, 3.8) is 0 Å². The second-order valence-electron chi connectivity index (χ2n) is 5.12. The molecule has 6 heteroatoms. The predicted molar refractivity (Wildman–Crippen MR) is 90.8 cm³/mol. The minimum atomic E-state index is -0.111. The van der Waals surface area contributed by atoms with Gasteiger partial charge in [0, 0.05) is 11.1 Å². The summed E-state index contributed by atoms with van der Waals surface area (Å²) in [5.74, 6) is 0.576. The lowest BCUT2D eigenvalue weighted by molar-refractivity contribution is -0.120. The van der Waals surface area contributed by atoms with Gasteiger partial charge in [-0.1, -0.05) is 23.8 Å². The highest BCUT2D eigenvalue weighted by Gasteiger charge is 2.18. The zero-order chi connectivity index (χ0) is 16.1. The van der Waals surface area contributed by atoms with Crippen LogP contribution in [0.25, 0.3) is 0 Å². The molecule has 0 spiro atoms. The van der Waals surface area contributed by atoms with Gasteiger partial charge in [0.25, 0.3) is 5.91 Å². The number of benzene rings is 1. The number of nitrogens with one attached hydrogen (secondary N) is 1. The average Bonchev–Trinajstić information content (AvgIpc) is 3.25. The number of thiophene rings is 1. The smallest absolute Gasteiger partial charge is 0.265 e. The number of aryl methyl sites for hydroxylation is 1. The highest BCUT2D eigenvalue weighted by Crippen LogP contribution is 2.19. The van der Waals surface area contributed by atoms with Gasteiger partial charge in [-0.2, -0.15) is 5.10 Å². The van der Waals surface area contributed by atoms with Crippen molar-refractivity contribution in [3.05, 3.63) is 64.6 Å². The number of hydrogen-bond acceptors (Lipinski definition) is 4. The molecule has 1 amide bonds. The lowest BCUT2D eigenvalue weighted by Gasteiger charge is -2.20. The van der Waals surface area contributed by atoms with E-state index in [2.05, 4.69) is 10.2 Å². The highest BCUT2D eigenvalue weighted by atomic mass is 32.1. The predicted octanol–water partition coefficient (Wildman–Crippen LogP) is 3.39. The van der Waals surface area contributed by atoms with Crippen LogP contribution in [0.5, 0.6) is 5.75 Å². The Bertz CT molecular complexity index is 737. The number of H-pyrrole nitrogens is 1. The molecule has 0 aliphatic heterocycles. The normalized spacial score (nSPS) is 10.5. The van der Waals surface area contributed by atoms with Crippen LogP contribution in [0.15, 0.2) is 54.2 Å². The number of ether oxygens (including phenoxy) is 1. The van der Waals surface area contributed by atoms with E-state index in [1.54, 1.807) is 28.6 Å². The third kappa shape index (κ3) is 3.98. The fraction of sp³-hybridized carbons (Fsp3) is 0.176. The summed E-state index contributed by atoms with van der Waals surface area (Å²) in [6, 6.07) is 11.6. The molecule has 2 aromatic heterocycles. The van der Waals surface area contributed by atoms with Gasteiger partial charge in [0.1, 0.15) is 5.75 Å². The fourth-order valence-electron chi connectivity index (χ4n) is 2.13. The number of carbonyl (C=O) groups excluding carboxylic acids is 1. The van der Waals surface area contributed by atoms with Gasteiger partial charge in [0.05, 0.1) is 18.4 Å². The maximum atomic E-state index is 12.6. The van der Waals surface area contributed by atoms with E-state index in [4.69, 9.17) is 4.74 Å². The molecule has 1 aromatic carbocycles. The molecule has 0 atom stereocenters. The number of carbonyl (C=O) groups is 1. The van der Waals surface area contributed by atoms with Crippen LogP contribution in [0.4, 0.5) is 5.69 Å². The quantitative estimate of drug-likeness (QED) is 0.755. The molecule has 0 fully saturated rings. The number of nitrogens with zero attached hydrogens (tertiary/aromatic N) is 2. The van der Waals surface area contributed by atoms with Crippen LogP contribution in [0.1, 0.15) is 10.4 Å². The van der Waals surface area contributed by atoms with E-state index in [1.165, 1.54) is 0 Å². The Morgan fingerprint density at radius 2 is 2.13 bits per heavy atom. The number of amides is 1. The van der Waals surface area contributed by atoms with E-state index in [0.29, 0.717) is 12.3 Å². The summed E-state index contributed by atoms with van der Waals surface area (Å²) < 4.78 is 5.60. The Hall–Kier alpha value is -2.60. The van der Waals surface area contributed by atoms with Crippen LogP contribution >= 0.6 is 11.3 Å². The first-order valence-corrected chi connectivity index (χ1v) is 8.11. The van der Waals surface area contributed by atoms with E-state index in [1.807, 2.05) is 48.7 Å². The first-order chi connectivity index (χ1) is 11.2. The molecular formula is C17H17N3O2S. The summed E-state index contributed by atoms with van der Waals surface area (Å²) in [4.78, 5) is 15.3. The van der Waals surface area contributed by atoms with Gasteiger partial charge in [-0.15, -0.1) is 11.3 Å². The number of aromatic amines is 1. The molecule has 3 aromatic rings. The molecule has 0 radical (unpaired) electrons. The van der Waals surface area contributed by atoms with Gasteiger partial charge < -0.3 is 9.64 Å². The summed E-state index contributed by atoms with van der Waals surface area (Å²) in [6.07, 6.45) is 3.34. The maximum Gasteiger partial charge on any atom is 0.265 e. The molecule has 5 nitrogen and oxygen atoms in total. The van der Waals surface area contributed by atoms with E-state index in [0.717, 1.165) is 16.1 Å². The molecular weight excluding hydrogens is 310 g/mol. The number of rotatable bonds is 6. The van der Waals surface area contributed by atoms with Gasteiger partial charge >= 0.3 is 0 Å². The average molecular weight is 327 g/mol. The molecule has 0 aliphatic carbocycles. The van der Waals surface area contributed by atoms with Crippen molar-refractivity contribution >= 4 is 22.9 Å². The van der Waals surface area contributed by atoms with Gasteiger partial charge in [-0.05, 0) is 30.5 Å². The van der Waals surface area contributed by atoms with Gasteiger partial charge in [0.2, 0.25) is 0 Å². The third-order valence-electron chi connectivity index (χ3n) is 3.37. The Kier molecular flexibility index (Phi) is 4.73. The second kappa shape index (κ2) is 7.11.